The van der Waals surface area contributed by atoms with E-state index >= 15 is 0 Å². The van der Waals surface area contributed by atoms with Crippen LogP contribution in [0, 0.1) is 0 Å². The van der Waals surface area contributed by atoms with Gasteiger partial charge in [-0.2, -0.15) is 0 Å². The maximum atomic E-state index is 5.29. The predicted molar refractivity (Wildman–Crippen MR) is 68.5 cm³/mol. The minimum absolute atomic E-state index is 0.377. The molecule has 3 nitrogen and oxygen atoms in total. The predicted octanol–water partition coefficient (Wildman–Crippen LogP) is 2.31. The van der Waals surface area contributed by atoms with Gasteiger partial charge in [-0.1, -0.05) is 6.07 Å². The van der Waals surface area contributed by atoms with Gasteiger partial charge in [-0.05, 0) is 43.0 Å². The fourth-order valence-electron chi connectivity index (χ4n) is 2.52. The van der Waals surface area contributed by atoms with Crippen LogP contribution in [0.4, 0.5) is 0 Å². The summed E-state index contributed by atoms with van der Waals surface area (Å²) in [6, 6.07) is 7.18. The molecule has 0 aromatic heterocycles. The third-order valence-corrected chi connectivity index (χ3v) is 3.33. The number of hydrogen-bond donors (Lipinski definition) is 1. The molecule has 1 aliphatic carbocycles. The number of fused-ring (bicyclic) bond motifs is 1. The zero-order chi connectivity index (χ0) is 12.3. The fraction of sp³-hybridized carbons (Fsp3) is 0.571. The third kappa shape index (κ3) is 2.79. The Kier molecular flexibility index (Phi) is 4.02. The largest absolute Gasteiger partial charge is 0.497 e. The van der Waals surface area contributed by atoms with E-state index in [0.29, 0.717) is 12.1 Å². The van der Waals surface area contributed by atoms with Gasteiger partial charge in [0, 0.05) is 19.2 Å². The Bertz CT molecular complexity index is 378. The second-order valence-corrected chi connectivity index (χ2v) is 4.68. The van der Waals surface area contributed by atoms with Crippen molar-refractivity contribution in [2.75, 3.05) is 20.8 Å². The van der Waals surface area contributed by atoms with Gasteiger partial charge in [-0.25, -0.2) is 0 Å². The second kappa shape index (κ2) is 5.52. The number of hydrogen-bond acceptors (Lipinski definition) is 3. The Morgan fingerprint density at radius 1 is 1.41 bits per heavy atom. The molecule has 1 aliphatic rings. The van der Waals surface area contributed by atoms with Crippen LogP contribution < -0.4 is 10.1 Å². The number of benzene rings is 1. The summed E-state index contributed by atoms with van der Waals surface area (Å²) >= 11 is 0. The first-order valence-electron chi connectivity index (χ1n) is 6.16. The lowest BCUT2D eigenvalue weighted by Gasteiger charge is -2.20. The summed E-state index contributed by atoms with van der Waals surface area (Å²) in [5.74, 6) is 0.942. The van der Waals surface area contributed by atoms with Crippen molar-refractivity contribution in [3.63, 3.8) is 0 Å². The molecule has 2 rings (SSSR count). The molecular formula is C14H21NO2. The van der Waals surface area contributed by atoms with Crippen LogP contribution in [0.15, 0.2) is 18.2 Å². The molecule has 0 spiro atoms. The van der Waals surface area contributed by atoms with E-state index in [4.69, 9.17) is 9.47 Å². The van der Waals surface area contributed by atoms with E-state index < -0.39 is 0 Å². The Morgan fingerprint density at radius 3 is 2.94 bits per heavy atom. The lowest BCUT2D eigenvalue weighted by molar-refractivity contribution is 0.166. The van der Waals surface area contributed by atoms with E-state index in [2.05, 4.69) is 24.4 Å². The number of ether oxygens (including phenoxy) is 2. The van der Waals surface area contributed by atoms with E-state index in [-0.39, 0.29) is 0 Å². The molecule has 2 unspecified atom stereocenters. The maximum Gasteiger partial charge on any atom is 0.119 e. The molecule has 17 heavy (non-hydrogen) atoms. The zero-order valence-corrected chi connectivity index (χ0v) is 10.8. The minimum atomic E-state index is 0.377. The first-order valence-corrected chi connectivity index (χ1v) is 6.16. The Hall–Kier alpha value is -1.06. The van der Waals surface area contributed by atoms with Gasteiger partial charge < -0.3 is 14.8 Å². The van der Waals surface area contributed by atoms with Crippen molar-refractivity contribution in [3.8, 4) is 5.75 Å². The smallest absolute Gasteiger partial charge is 0.119 e. The monoisotopic (exact) mass is 235 g/mol. The van der Waals surface area contributed by atoms with E-state index in [9.17, 15) is 0 Å². The van der Waals surface area contributed by atoms with Crippen molar-refractivity contribution >= 4 is 0 Å². The molecule has 1 N–H and O–H groups in total. The van der Waals surface area contributed by atoms with Crippen LogP contribution in [-0.2, 0) is 11.2 Å². The van der Waals surface area contributed by atoms with Gasteiger partial charge in [0.15, 0.2) is 0 Å². The highest BCUT2D eigenvalue weighted by atomic mass is 16.5. The van der Waals surface area contributed by atoms with Gasteiger partial charge in [0.1, 0.15) is 5.75 Å². The highest BCUT2D eigenvalue weighted by molar-refractivity contribution is 5.40. The summed E-state index contributed by atoms with van der Waals surface area (Å²) in [5, 5.41) is 3.61. The highest BCUT2D eigenvalue weighted by Gasteiger charge is 2.23. The van der Waals surface area contributed by atoms with Crippen LogP contribution in [-0.4, -0.2) is 26.9 Å². The Morgan fingerprint density at radius 2 is 2.24 bits per heavy atom. The number of nitrogens with one attached hydrogen (secondary N) is 1. The summed E-state index contributed by atoms with van der Waals surface area (Å²) in [6.07, 6.45) is 2.31. The first-order chi connectivity index (χ1) is 8.24. The fourth-order valence-corrected chi connectivity index (χ4v) is 2.52. The molecule has 1 aromatic carbocycles. The molecule has 0 fully saturated rings. The van der Waals surface area contributed by atoms with E-state index in [0.717, 1.165) is 25.2 Å². The van der Waals surface area contributed by atoms with Crippen molar-refractivity contribution in [2.24, 2.45) is 0 Å². The minimum Gasteiger partial charge on any atom is -0.497 e. The molecule has 0 saturated carbocycles. The van der Waals surface area contributed by atoms with Gasteiger partial charge in [0.2, 0.25) is 0 Å². The summed E-state index contributed by atoms with van der Waals surface area (Å²) in [6.45, 7) is 2.90. The highest BCUT2D eigenvalue weighted by Crippen LogP contribution is 2.33. The van der Waals surface area contributed by atoms with Crippen molar-refractivity contribution in [1.82, 2.24) is 5.32 Å². The van der Waals surface area contributed by atoms with Gasteiger partial charge in [0.25, 0.3) is 0 Å². The molecule has 94 valence electrons. The maximum absolute atomic E-state index is 5.29. The lowest BCUT2D eigenvalue weighted by atomic mass is 10.1. The number of rotatable bonds is 5. The molecule has 0 bridgehead atoms. The number of aryl methyl sites for hydroxylation is 1. The van der Waals surface area contributed by atoms with Crippen molar-refractivity contribution in [1.29, 1.82) is 0 Å². The average molecular weight is 235 g/mol. The molecule has 0 radical (unpaired) electrons. The summed E-state index contributed by atoms with van der Waals surface area (Å²) in [7, 11) is 3.45. The van der Waals surface area contributed by atoms with Crippen LogP contribution >= 0.6 is 0 Å². The Labute approximate surface area is 103 Å². The van der Waals surface area contributed by atoms with Gasteiger partial charge >= 0.3 is 0 Å². The lowest BCUT2D eigenvalue weighted by Crippen LogP contribution is -2.32. The van der Waals surface area contributed by atoms with Gasteiger partial charge in [0.05, 0.1) is 13.7 Å². The molecule has 0 aliphatic heterocycles. The molecular weight excluding hydrogens is 214 g/mol. The molecule has 1 aromatic rings. The number of methoxy groups -OCH3 is 2. The topological polar surface area (TPSA) is 30.5 Å². The summed E-state index contributed by atoms with van der Waals surface area (Å²) in [5.41, 5.74) is 2.82. The van der Waals surface area contributed by atoms with E-state index in [1.807, 2.05) is 6.07 Å². The van der Waals surface area contributed by atoms with Gasteiger partial charge in [-0.3, -0.25) is 0 Å². The first kappa shape index (κ1) is 12.4. The van der Waals surface area contributed by atoms with Crippen molar-refractivity contribution in [3.05, 3.63) is 29.3 Å². The van der Waals surface area contributed by atoms with Crippen LogP contribution in [0.1, 0.15) is 30.5 Å². The van der Waals surface area contributed by atoms with E-state index in [1.54, 1.807) is 14.2 Å². The standard InChI is InChI=1S/C14H21NO2/c1-10(9-16-2)15-14-7-5-11-4-6-12(17-3)8-13(11)14/h4,6,8,10,14-15H,5,7,9H2,1-3H3. The Balaban J connectivity index is 2.09. The molecule has 2 atom stereocenters. The van der Waals surface area contributed by atoms with E-state index in [1.165, 1.54) is 11.1 Å². The summed E-state index contributed by atoms with van der Waals surface area (Å²) < 4.78 is 10.4. The van der Waals surface area contributed by atoms with Crippen molar-refractivity contribution in [2.45, 2.75) is 31.8 Å². The van der Waals surface area contributed by atoms with Crippen LogP contribution in [0.5, 0.6) is 5.75 Å². The normalized spacial score (nSPS) is 20.1. The van der Waals surface area contributed by atoms with Crippen LogP contribution in [0.25, 0.3) is 0 Å². The van der Waals surface area contributed by atoms with Crippen LogP contribution in [0.2, 0.25) is 0 Å². The zero-order valence-electron chi connectivity index (χ0n) is 10.8. The quantitative estimate of drug-likeness (QED) is 0.849. The average Bonchev–Trinajstić information content (AvgIpc) is 2.72. The molecule has 0 heterocycles. The molecule has 0 saturated heterocycles. The third-order valence-electron chi connectivity index (χ3n) is 3.33. The van der Waals surface area contributed by atoms with Crippen molar-refractivity contribution < 1.29 is 9.47 Å². The van der Waals surface area contributed by atoms with Crippen LogP contribution in [0.3, 0.4) is 0 Å². The second-order valence-electron chi connectivity index (χ2n) is 4.68. The van der Waals surface area contributed by atoms with Gasteiger partial charge in [-0.15, -0.1) is 0 Å². The molecule has 3 heteroatoms. The SMILES string of the molecule is COCC(C)NC1CCc2ccc(OC)cc21. The molecule has 0 amide bonds. The summed E-state index contributed by atoms with van der Waals surface area (Å²) in [4.78, 5) is 0.